The lowest BCUT2D eigenvalue weighted by molar-refractivity contribution is -0.133. The average molecular weight is 796 g/mol. The van der Waals surface area contributed by atoms with Gasteiger partial charge in [0, 0.05) is 53.5 Å². The molecule has 2 aliphatic rings. The molecular weight excluding hydrogens is 747 g/mol. The Hall–Kier alpha value is -6.41. The number of benzene rings is 3. The van der Waals surface area contributed by atoms with Crippen molar-refractivity contribution < 1.29 is 23.6 Å². The molecule has 3 aromatic heterocycles. The van der Waals surface area contributed by atoms with E-state index in [-0.39, 0.29) is 29.1 Å². The molecule has 1 atom stereocenters. The fraction of sp³-hybridized carbons (Fsp3) is 0.356. The first-order valence-electron chi connectivity index (χ1n) is 20.1. The van der Waals surface area contributed by atoms with Crippen molar-refractivity contribution in [3.63, 3.8) is 0 Å². The molecule has 0 spiro atoms. The van der Waals surface area contributed by atoms with Gasteiger partial charge in [-0.2, -0.15) is 10.1 Å². The molecule has 2 aliphatic heterocycles. The highest BCUT2D eigenvalue weighted by Crippen LogP contribution is 2.36. The number of imide groups is 1. The van der Waals surface area contributed by atoms with Crippen LogP contribution in [0.2, 0.25) is 0 Å². The highest BCUT2D eigenvalue weighted by Gasteiger charge is 2.27. The van der Waals surface area contributed by atoms with Gasteiger partial charge in [-0.05, 0) is 97.8 Å². The number of carbonyl (C=O) groups excluding carboxylic acids is 3. The minimum absolute atomic E-state index is 0.0170. The number of fused-ring (bicyclic) bond motifs is 1. The van der Waals surface area contributed by atoms with E-state index in [1.54, 1.807) is 13.4 Å². The molecule has 8 rings (SSSR count). The van der Waals surface area contributed by atoms with Crippen LogP contribution in [0.15, 0.2) is 83.8 Å². The van der Waals surface area contributed by atoms with Gasteiger partial charge in [0.1, 0.15) is 18.1 Å². The van der Waals surface area contributed by atoms with Gasteiger partial charge in [0.05, 0.1) is 18.3 Å². The summed E-state index contributed by atoms with van der Waals surface area (Å²) in [4.78, 5) is 47.8. The van der Waals surface area contributed by atoms with Gasteiger partial charge in [0.25, 0.3) is 11.7 Å². The van der Waals surface area contributed by atoms with E-state index in [0.717, 1.165) is 82.9 Å². The first-order valence-corrected chi connectivity index (χ1v) is 20.1. The molecule has 1 unspecified atom stereocenters. The molecule has 14 nitrogen and oxygen atoms in total. The van der Waals surface area contributed by atoms with Crippen LogP contribution >= 0.6 is 0 Å². The Morgan fingerprint density at radius 2 is 1.78 bits per heavy atom. The Morgan fingerprint density at radius 1 is 0.983 bits per heavy atom. The third-order valence-electron chi connectivity index (χ3n) is 11.3. The van der Waals surface area contributed by atoms with Gasteiger partial charge in [-0.15, -0.1) is 0 Å². The van der Waals surface area contributed by atoms with Gasteiger partial charge in [-0.1, -0.05) is 62.3 Å². The molecule has 2 saturated heterocycles. The number of anilines is 1. The molecule has 3 amide bonds. The van der Waals surface area contributed by atoms with Crippen molar-refractivity contribution in [1.29, 1.82) is 0 Å². The van der Waals surface area contributed by atoms with Crippen molar-refractivity contribution in [2.75, 3.05) is 25.5 Å². The summed E-state index contributed by atoms with van der Waals surface area (Å²) >= 11 is 0. The second-order valence-electron chi connectivity index (χ2n) is 16.5. The lowest BCUT2D eigenvalue weighted by Crippen LogP contribution is -2.47. The number of piperidine rings is 2. The maximum atomic E-state index is 12.8. The summed E-state index contributed by atoms with van der Waals surface area (Å²) in [5.41, 5.74) is 9.56. The maximum absolute atomic E-state index is 12.8. The Kier molecular flexibility index (Phi) is 11.0. The zero-order valence-corrected chi connectivity index (χ0v) is 34.0. The number of methoxy groups -OCH3 is 1. The van der Waals surface area contributed by atoms with E-state index in [1.807, 2.05) is 62.7 Å². The summed E-state index contributed by atoms with van der Waals surface area (Å²) in [6.45, 7) is 11.0. The number of rotatable bonds is 11. The van der Waals surface area contributed by atoms with Gasteiger partial charge in [0.2, 0.25) is 17.7 Å². The number of likely N-dealkylation sites (tertiary alicyclic amines) is 1. The van der Waals surface area contributed by atoms with Crippen molar-refractivity contribution in [1.82, 2.24) is 40.3 Å². The fourth-order valence-corrected chi connectivity index (χ4v) is 7.85. The summed E-state index contributed by atoms with van der Waals surface area (Å²) < 4.78 is 13.1. The zero-order chi connectivity index (χ0) is 41.3. The van der Waals surface area contributed by atoms with Crippen LogP contribution < -0.4 is 20.7 Å². The fourth-order valence-electron chi connectivity index (χ4n) is 7.85. The first kappa shape index (κ1) is 39.4. The lowest BCUT2D eigenvalue weighted by Gasteiger charge is -2.32. The number of nitrogens with zero attached hydrogens (tertiary/aromatic N) is 6. The maximum Gasteiger partial charge on any atom is 0.292 e. The van der Waals surface area contributed by atoms with Crippen LogP contribution in [0.3, 0.4) is 0 Å². The van der Waals surface area contributed by atoms with E-state index in [0.29, 0.717) is 31.2 Å². The molecule has 304 valence electrons. The molecule has 59 heavy (non-hydrogen) atoms. The number of carbonyl (C=O) groups is 3. The van der Waals surface area contributed by atoms with Gasteiger partial charge in [-0.25, -0.2) is 9.50 Å². The van der Waals surface area contributed by atoms with Crippen LogP contribution in [-0.2, 0) is 28.1 Å². The van der Waals surface area contributed by atoms with E-state index in [2.05, 4.69) is 83.5 Å². The Balaban J connectivity index is 0.892. The van der Waals surface area contributed by atoms with Crippen molar-refractivity contribution in [2.45, 2.75) is 83.8 Å². The molecule has 0 aliphatic carbocycles. The molecule has 14 heteroatoms. The molecule has 6 aromatic rings. The minimum atomic E-state index is -0.391. The number of nitrogens with one attached hydrogen (secondary N) is 3. The van der Waals surface area contributed by atoms with E-state index in [1.165, 1.54) is 11.1 Å². The van der Waals surface area contributed by atoms with Crippen molar-refractivity contribution in [3.8, 4) is 28.1 Å². The highest BCUT2D eigenvalue weighted by atomic mass is 16.5. The molecule has 3 aromatic carbocycles. The standard InChI is InChI=1S/C45H49N9O5/c1-27-20-31(7-8-32(27)23-46-43(57)41-51-44(59-52-41)45(2,3)4)40-37-22-33(25-54(37)48-26-47-40)35-13-6-28(21-38(35)58-5)24-53-18-16-30(17-19-53)29-9-11-34(12-10-29)49-36-14-15-39(55)50-42(36)56/h6-13,20-22,25-26,30,36,49H,14-19,23-24H2,1-5H3,(H,46,57)(H,50,55,56). The highest BCUT2D eigenvalue weighted by molar-refractivity contribution is 6.01. The topological polar surface area (TPSA) is 169 Å². The van der Waals surface area contributed by atoms with Gasteiger partial charge in [-0.3, -0.25) is 24.6 Å². The largest absolute Gasteiger partial charge is 0.496 e. The predicted molar refractivity (Wildman–Crippen MR) is 223 cm³/mol. The number of hydrogen-bond donors (Lipinski definition) is 3. The van der Waals surface area contributed by atoms with E-state index in [4.69, 9.17) is 9.26 Å². The van der Waals surface area contributed by atoms with Crippen LogP contribution in [0.5, 0.6) is 5.75 Å². The monoisotopic (exact) mass is 795 g/mol. The summed E-state index contributed by atoms with van der Waals surface area (Å²) in [6, 6.07) is 22.6. The average Bonchev–Trinajstić information content (AvgIpc) is 3.91. The third kappa shape index (κ3) is 8.72. The smallest absolute Gasteiger partial charge is 0.292 e. The van der Waals surface area contributed by atoms with E-state index < -0.39 is 5.91 Å². The summed E-state index contributed by atoms with van der Waals surface area (Å²) in [7, 11) is 1.71. The summed E-state index contributed by atoms with van der Waals surface area (Å²) in [6.07, 6.45) is 6.55. The molecular formula is C45H49N9O5. The van der Waals surface area contributed by atoms with E-state index in [9.17, 15) is 14.4 Å². The molecule has 0 saturated carbocycles. The quantitative estimate of drug-likeness (QED) is 0.121. The number of ether oxygens (including phenoxy) is 1. The number of hydrogen-bond acceptors (Lipinski definition) is 11. The first-order chi connectivity index (χ1) is 28.4. The van der Waals surface area contributed by atoms with Crippen molar-refractivity contribution in [2.24, 2.45) is 0 Å². The minimum Gasteiger partial charge on any atom is -0.496 e. The van der Waals surface area contributed by atoms with Crippen LogP contribution in [0.4, 0.5) is 5.69 Å². The predicted octanol–water partition coefficient (Wildman–Crippen LogP) is 6.59. The van der Waals surface area contributed by atoms with Crippen molar-refractivity contribution >= 4 is 28.9 Å². The van der Waals surface area contributed by atoms with Crippen LogP contribution in [0.1, 0.15) is 91.1 Å². The molecule has 3 N–H and O–H groups in total. The van der Waals surface area contributed by atoms with Gasteiger partial charge >= 0.3 is 0 Å². The molecule has 0 radical (unpaired) electrons. The number of amides is 3. The van der Waals surface area contributed by atoms with Crippen LogP contribution in [-0.4, -0.2) is 73.6 Å². The van der Waals surface area contributed by atoms with E-state index >= 15 is 0 Å². The Morgan fingerprint density at radius 3 is 2.49 bits per heavy atom. The van der Waals surface area contributed by atoms with Crippen molar-refractivity contribution in [3.05, 3.63) is 113 Å². The SMILES string of the molecule is COc1cc(CN2CCC(c3ccc(NC4CCC(=O)NC4=O)cc3)CC2)ccc1-c1cc2c(-c3ccc(CNC(=O)c4noc(C(C)(C)C)n4)c(C)c3)ncnn2c1. The summed E-state index contributed by atoms with van der Waals surface area (Å²) in [5.74, 6) is 0.843. The molecule has 2 fully saturated rings. The summed E-state index contributed by atoms with van der Waals surface area (Å²) in [5, 5.41) is 17.0. The number of aromatic nitrogens is 5. The second kappa shape index (κ2) is 16.5. The van der Waals surface area contributed by atoms with Gasteiger partial charge in [0.15, 0.2) is 0 Å². The molecule has 0 bridgehead atoms. The third-order valence-corrected chi connectivity index (χ3v) is 11.3. The molecule has 5 heterocycles. The lowest BCUT2D eigenvalue weighted by atomic mass is 9.89. The second-order valence-corrected chi connectivity index (χ2v) is 16.5. The normalized spacial score (nSPS) is 16.6. The van der Waals surface area contributed by atoms with Crippen LogP contribution in [0, 0.1) is 6.92 Å². The Labute approximate surface area is 342 Å². The Bertz CT molecular complexity index is 2510. The zero-order valence-electron chi connectivity index (χ0n) is 34.0. The van der Waals surface area contributed by atoms with Gasteiger partial charge < -0.3 is 19.9 Å². The van der Waals surface area contributed by atoms with Crippen LogP contribution in [0.25, 0.3) is 27.9 Å². The number of aryl methyl sites for hydroxylation is 1.